The number of amides is 1. The minimum absolute atomic E-state index is 0.00244. The van der Waals surface area contributed by atoms with Gasteiger partial charge in [-0.3, -0.25) is 14.9 Å². The summed E-state index contributed by atoms with van der Waals surface area (Å²) >= 11 is 1.26. The lowest BCUT2D eigenvalue weighted by atomic mass is 10.1. The summed E-state index contributed by atoms with van der Waals surface area (Å²) < 4.78 is 5.07. The molecule has 0 unspecified atom stereocenters. The molecule has 144 valence electrons. The molecule has 0 saturated heterocycles. The quantitative estimate of drug-likeness (QED) is 0.272. The lowest BCUT2D eigenvalue weighted by Crippen LogP contribution is -2.13. The number of nitriles is 1. The van der Waals surface area contributed by atoms with Crippen LogP contribution in [0.2, 0.25) is 0 Å². The van der Waals surface area contributed by atoms with Crippen molar-refractivity contribution in [3.8, 4) is 22.3 Å². The van der Waals surface area contributed by atoms with Crippen molar-refractivity contribution in [2.45, 2.75) is 0 Å². The first-order chi connectivity index (χ1) is 14.0. The largest absolute Gasteiger partial charge is 0.497 e. The fraction of sp³-hybridized carbons (Fsp3) is 0.0476. The molecule has 1 aromatic heterocycles. The number of anilines is 1. The van der Waals surface area contributed by atoms with Gasteiger partial charge in [0.25, 0.3) is 11.6 Å². The van der Waals surface area contributed by atoms with Crippen LogP contribution >= 0.6 is 11.3 Å². The molecule has 0 aliphatic rings. The van der Waals surface area contributed by atoms with Crippen LogP contribution in [-0.4, -0.2) is 17.9 Å². The Hall–Kier alpha value is -3.96. The molecule has 1 amide bonds. The number of para-hydroxylation sites is 1. The zero-order valence-corrected chi connectivity index (χ0v) is 16.1. The minimum Gasteiger partial charge on any atom is -0.497 e. The maximum atomic E-state index is 12.4. The third-order valence-electron chi connectivity index (χ3n) is 3.99. The van der Waals surface area contributed by atoms with Gasteiger partial charge in [-0.15, -0.1) is 11.3 Å². The molecule has 8 heteroatoms. The van der Waals surface area contributed by atoms with Gasteiger partial charge < -0.3 is 10.1 Å². The van der Waals surface area contributed by atoms with Crippen LogP contribution in [0.5, 0.6) is 5.75 Å². The smallest absolute Gasteiger partial charge is 0.278 e. The van der Waals surface area contributed by atoms with Gasteiger partial charge >= 0.3 is 0 Å². The molecule has 0 spiro atoms. The first-order valence-corrected chi connectivity index (χ1v) is 9.24. The van der Waals surface area contributed by atoms with Crippen molar-refractivity contribution >= 4 is 34.7 Å². The van der Waals surface area contributed by atoms with E-state index in [9.17, 15) is 20.2 Å². The predicted molar refractivity (Wildman–Crippen MR) is 112 cm³/mol. The Morgan fingerprint density at radius 1 is 1.17 bits per heavy atom. The molecule has 0 fully saturated rings. The molecule has 7 nitrogen and oxygen atoms in total. The van der Waals surface area contributed by atoms with E-state index in [1.807, 2.05) is 6.07 Å². The third-order valence-corrected chi connectivity index (χ3v) is 5.06. The number of carbonyl (C=O) groups is 1. The van der Waals surface area contributed by atoms with E-state index >= 15 is 0 Å². The summed E-state index contributed by atoms with van der Waals surface area (Å²) in [4.78, 5) is 24.5. The average molecular weight is 405 g/mol. The van der Waals surface area contributed by atoms with Crippen LogP contribution in [0.4, 0.5) is 11.4 Å². The highest BCUT2D eigenvalue weighted by Gasteiger charge is 2.16. The summed E-state index contributed by atoms with van der Waals surface area (Å²) in [6, 6.07) is 18.5. The normalized spacial score (nSPS) is 10.8. The first kappa shape index (κ1) is 19.8. The number of nitrogens with zero attached hydrogens (tertiary/aromatic N) is 2. The third kappa shape index (κ3) is 4.66. The second-order valence-corrected chi connectivity index (χ2v) is 6.94. The molecule has 0 radical (unpaired) electrons. The van der Waals surface area contributed by atoms with Crippen molar-refractivity contribution in [3.05, 3.63) is 81.2 Å². The maximum absolute atomic E-state index is 12.4. The van der Waals surface area contributed by atoms with Crippen molar-refractivity contribution in [1.29, 1.82) is 5.26 Å². The Balaban J connectivity index is 1.82. The number of rotatable bonds is 6. The predicted octanol–water partition coefficient (Wildman–Crippen LogP) is 4.88. The zero-order chi connectivity index (χ0) is 20.8. The number of thiophene rings is 1. The Morgan fingerprint density at radius 2 is 1.90 bits per heavy atom. The number of hydrogen-bond donors (Lipinski definition) is 1. The van der Waals surface area contributed by atoms with Crippen LogP contribution in [0.15, 0.2) is 66.2 Å². The van der Waals surface area contributed by atoms with Crippen molar-refractivity contribution in [2.24, 2.45) is 0 Å². The van der Waals surface area contributed by atoms with Gasteiger partial charge in [0.15, 0.2) is 0 Å². The second kappa shape index (κ2) is 8.82. The summed E-state index contributed by atoms with van der Waals surface area (Å²) in [5.41, 5.74) is 0.950. The Labute approximate surface area is 170 Å². The number of ether oxygens (including phenoxy) is 1. The number of benzene rings is 2. The van der Waals surface area contributed by atoms with Gasteiger partial charge in [-0.25, -0.2) is 0 Å². The lowest BCUT2D eigenvalue weighted by molar-refractivity contribution is -0.384. The molecule has 0 bridgehead atoms. The molecule has 2 aromatic carbocycles. The summed E-state index contributed by atoms with van der Waals surface area (Å²) in [5.74, 6) is 0.110. The second-order valence-electron chi connectivity index (χ2n) is 5.83. The van der Waals surface area contributed by atoms with Gasteiger partial charge in [-0.05, 0) is 48.5 Å². The van der Waals surface area contributed by atoms with E-state index in [4.69, 9.17) is 4.74 Å². The summed E-state index contributed by atoms with van der Waals surface area (Å²) in [5, 5.41) is 23.3. The molecule has 0 aliphatic carbocycles. The fourth-order valence-electron chi connectivity index (χ4n) is 2.58. The number of nitrogens with one attached hydrogen (secondary N) is 1. The van der Waals surface area contributed by atoms with Crippen LogP contribution in [0.3, 0.4) is 0 Å². The minimum atomic E-state index is -0.543. The number of carbonyl (C=O) groups excluding carboxylic acids is 1. The van der Waals surface area contributed by atoms with E-state index in [1.54, 1.807) is 61.7 Å². The molecule has 1 N–H and O–H groups in total. The molecular weight excluding hydrogens is 390 g/mol. The molecular formula is C21H15N3O4S. The van der Waals surface area contributed by atoms with E-state index in [0.29, 0.717) is 26.8 Å². The number of nitro benzene ring substituents is 1. The van der Waals surface area contributed by atoms with Crippen LogP contribution in [0.1, 0.15) is 4.88 Å². The monoisotopic (exact) mass is 405 g/mol. The molecule has 0 atom stereocenters. The highest BCUT2D eigenvalue weighted by atomic mass is 32.1. The van der Waals surface area contributed by atoms with E-state index in [0.717, 1.165) is 0 Å². The van der Waals surface area contributed by atoms with Crippen LogP contribution < -0.4 is 10.1 Å². The molecule has 0 saturated carbocycles. The van der Waals surface area contributed by atoms with E-state index in [2.05, 4.69) is 5.32 Å². The van der Waals surface area contributed by atoms with E-state index < -0.39 is 10.8 Å². The Morgan fingerprint density at radius 3 is 2.55 bits per heavy atom. The summed E-state index contributed by atoms with van der Waals surface area (Å²) in [7, 11) is 1.55. The first-order valence-electron chi connectivity index (χ1n) is 8.42. The fourth-order valence-corrected chi connectivity index (χ4v) is 3.57. The number of hydrogen-bond acceptors (Lipinski definition) is 6. The topological polar surface area (TPSA) is 105 Å². The molecule has 0 aliphatic heterocycles. The standard InChI is InChI=1S/C21H15N3O4S/c1-28-16-8-6-15(7-9-16)23-21(25)14(13-22)12-17-10-11-20(29-17)18-4-2-3-5-19(18)24(26)27/h2-12H,1H3,(H,23,25)/b14-12+. The van der Waals surface area contributed by atoms with E-state index in [1.165, 1.54) is 23.5 Å². The average Bonchev–Trinajstić information content (AvgIpc) is 3.21. The molecule has 1 heterocycles. The molecule has 3 aromatic rings. The van der Waals surface area contributed by atoms with Gasteiger partial charge in [0.2, 0.25) is 0 Å². The molecule has 29 heavy (non-hydrogen) atoms. The SMILES string of the molecule is COc1ccc(NC(=O)/C(C#N)=C/c2ccc(-c3ccccc3[N+](=O)[O-])s2)cc1. The highest BCUT2D eigenvalue weighted by Crippen LogP contribution is 2.35. The highest BCUT2D eigenvalue weighted by molar-refractivity contribution is 7.16. The molecule has 3 rings (SSSR count). The van der Waals surface area contributed by atoms with Crippen molar-refractivity contribution < 1.29 is 14.5 Å². The van der Waals surface area contributed by atoms with E-state index in [-0.39, 0.29) is 11.3 Å². The van der Waals surface area contributed by atoms with Crippen molar-refractivity contribution in [2.75, 3.05) is 12.4 Å². The van der Waals surface area contributed by atoms with Gasteiger partial charge in [-0.2, -0.15) is 5.26 Å². The summed E-state index contributed by atoms with van der Waals surface area (Å²) in [6.07, 6.45) is 1.46. The lowest BCUT2D eigenvalue weighted by Gasteiger charge is -2.05. The van der Waals surface area contributed by atoms with Crippen molar-refractivity contribution in [3.63, 3.8) is 0 Å². The van der Waals surface area contributed by atoms with Gasteiger partial charge in [0.05, 0.1) is 17.6 Å². The van der Waals surface area contributed by atoms with Crippen LogP contribution in [0.25, 0.3) is 16.5 Å². The van der Waals surface area contributed by atoms with Crippen LogP contribution in [0, 0.1) is 21.4 Å². The van der Waals surface area contributed by atoms with Gasteiger partial charge in [0, 0.05) is 21.5 Å². The number of nitro groups is 1. The zero-order valence-electron chi connectivity index (χ0n) is 15.3. The van der Waals surface area contributed by atoms with Gasteiger partial charge in [0.1, 0.15) is 17.4 Å². The number of methoxy groups -OCH3 is 1. The van der Waals surface area contributed by atoms with Crippen molar-refractivity contribution in [1.82, 2.24) is 0 Å². The van der Waals surface area contributed by atoms with Gasteiger partial charge in [-0.1, -0.05) is 12.1 Å². The van der Waals surface area contributed by atoms with Crippen LogP contribution in [-0.2, 0) is 4.79 Å². The Kier molecular flexibility index (Phi) is 6.02. The Bertz CT molecular complexity index is 1130. The maximum Gasteiger partial charge on any atom is 0.278 e. The summed E-state index contributed by atoms with van der Waals surface area (Å²) in [6.45, 7) is 0.